The van der Waals surface area contributed by atoms with Gasteiger partial charge in [-0.3, -0.25) is 38.0 Å². The zero-order valence-electron chi connectivity index (χ0n) is 20.5. The molecule has 0 aliphatic rings. The van der Waals surface area contributed by atoms with Crippen LogP contribution >= 0.6 is 0 Å². The van der Waals surface area contributed by atoms with Crippen LogP contribution in [-0.2, 0) is 20.6 Å². The SMILES string of the molecule is CCCCCN(C(=O)c1ccc2c(=O)n(C)c(=O)n(C)c2n1)c1c(N)n(CCCC)c(=O)[nH]c1=O. The summed E-state index contributed by atoms with van der Waals surface area (Å²) in [5.74, 6) is -0.729. The van der Waals surface area contributed by atoms with Crippen LogP contribution in [0.15, 0.2) is 31.3 Å². The molecule has 0 bridgehead atoms. The number of hydrogen-bond acceptors (Lipinski definition) is 7. The molecule has 3 heterocycles. The number of carbonyl (C=O) groups excluding carboxylic acids is 1. The van der Waals surface area contributed by atoms with Crippen molar-refractivity contribution in [2.24, 2.45) is 14.1 Å². The van der Waals surface area contributed by atoms with Gasteiger partial charge < -0.3 is 5.73 Å². The van der Waals surface area contributed by atoms with Gasteiger partial charge in [0.15, 0.2) is 5.69 Å². The molecule has 3 N–H and O–H groups in total. The Bertz CT molecular complexity index is 1500. The number of anilines is 2. The van der Waals surface area contributed by atoms with Gasteiger partial charge in [-0.15, -0.1) is 0 Å². The van der Waals surface area contributed by atoms with Crippen molar-refractivity contribution in [2.75, 3.05) is 17.2 Å². The minimum atomic E-state index is -0.771. The second-order valence-corrected chi connectivity index (χ2v) is 8.44. The summed E-state index contributed by atoms with van der Waals surface area (Å²) in [6.07, 6.45) is 3.73. The van der Waals surface area contributed by atoms with E-state index >= 15 is 0 Å². The highest BCUT2D eigenvalue weighted by molar-refractivity contribution is 6.06. The first-order chi connectivity index (χ1) is 16.6. The number of hydrogen-bond donors (Lipinski definition) is 2. The molecule has 0 aromatic carbocycles. The quantitative estimate of drug-likeness (QED) is 0.422. The van der Waals surface area contributed by atoms with E-state index in [1.54, 1.807) is 0 Å². The zero-order chi connectivity index (χ0) is 25.9. The number of amides is 1. The van der Waals surface area contributed by atoms with Crippen molar-refractivity contribution in [1.82, 2.24) is 23.7 Å². The van der Waals surface area contributed by atoms with Gasteiger partial charge in [0.1, 0.15) is 17.2 Å². The molecular formula is C23H31N7O5. The molecule has 0 saturated carbocycles. The lowest BCUT2D eigenvalue weighted by Crippen LogP contribution is -2.42. The van der Waals surface area contributed by atoms with E-state index in [-0.39, 0.29) is 34.8 Å². The second kappa shape index (κ2) is 10.5. The van der Waals surface area contributed by atoms with Crippen molar-refractivity contribution in [1.29, 1.82) is 0 Å². The molecular weight excluding hydrogens is 454 g/mol. The minimum absolute atomic E-state index is 0.0484. The Labute approximate surface area is 200 Å². The lowest BCUT2D eigenvalue weighted by molar-refractivity contribution is 0.0981. The number of nitrogens with one attached hydrogen (secondary N) is 1. The number of fused-ring (bicyclic) bond motifs is 1. The summed E-state index contributed by atoms with van der Waals surface area (Å²) in [4.78, 5) is 71.5. The minimum Gasteiger partial charge on any atom is -0.383 e. The Morgan fingerprint density at radius 3 is 2.37 bits per heavy atom. The number of carbonyl (C=O) groups is 1. The molecule has 0 saturated heterocycles. The Balaban J connectivity index is 2.19. The van der Waals surface area contributed by atoms with Crippen LogP contribution in [0.2, 0.25) is 0 Å². The number of nitrogen functional groups attached to an aromatic ring is 1. The van der Waals surface area contributed by atoms with Gasteiger partial charge in [0.25, 0.3) is 17.0 Å². The number of unbranched alkanes of at least 4 members (excludes halogenated alkanes) is 3. The van der Waals surface area contributed by atoms with Crippen LogP contribution in [0.25, 0.3) is 11.0 Å². The molecule has 3 aromatic rings. The largest absolute Gasteiger partial charge is 0.383 e. The number of pyridine rings is 1. The molecule has 0 aliphatic carbocycles. The van der Waals surface area contributed by atoms with Crippen molar-refractivity contribution in [3.05, 3.63) is 59.5 Å². The molecule has 0 fully saturated rings. The Hall–Kier alpha value is -3.96. The van der Waals surface area contributed by atoms with Gasteiger partial charge >= 0.3 is 11.4 Å². The number of nitrogens with zero attached hydrogens (tertiary/aromatic N) is 5. The third-order valence-electron chi connectivity index (χ3n) is 5.97. The van der Waals surface area contributed by atoms with Crippen molar-refractivity contribution < 1.29 is 4.79 Å². The van der Waals surface area contributed by atoms with E-state index in [4.69, 9.17) is 5.73 Å². The molecule has 0 unspecified atom stereocenters. The van der Waals surface area contributed by atoms with Gasteiger partial charge in [-0.1, -0.05) is 33.1 Å². The summed E-state index contributed by atoms with van der Waals surface area (Å²) in [6, 6.07) is 2.80. The lowest BCUT2D eigenvalue weighted by Gasteiger charge is -2.24. The van der Waals surface area contributed by atoms with E-state index in [0.717, 1.165) is 23.8 Å². The van der Waals surface area contributed by atoms with Crippen molar-refractivity contribution >= 4 is 28.4 Å². The molecule has 0 spiro atoms. The van der Waals surface area contributed by atoms with Crippen molar-refractivity contribution in [3.63, 3.8) is 0 Å². The fourth-order valence-electron chi connectivity index (χ4n) is 3.92. The maximum absolute atomic E-state index is 13.6. The second-order valence-electron chi connectivity index (χ2n) is 8.44. The number of aromatic nitrogens is 5. The van der Waals surface area contributed by atoms with Gasteiger partial charge in [0.2, 0.25) is 0 Å². The highest BCUT2D eigenvalue weighted by atomic mass is 16.2. The molecule has 35 heavy (non-hydrogen) atoms. The Morgan fingerprint density at radius 2 is 1.71 bits per heavy atom. The monoisotopic (exact) mass is 485 g/mol. The number of aryl methyl sites for hydroxylation is 1. The van der Waals surface area contributed by atoms with E-state index in [2.05, 4.69) is 9.97 Å². The van der Waals surface area contributed by atoms with Gasteiger partial charge in [-0.05, 0) is 25.0 Å². The smallest absolute Gasteiger partial charge is 0.332 e. The van der Waals surface area contributed by atoms with Crippen molar-refractivity contribution in [2.45, 2.75) is 52.5 Å². The fraction of sp³-hybridized carbons (Fsp3) is 0.478. The molecule has 188 valence electrons. The predicted molar refractivity (Wildman–Crippen MR) is 134 cm³/mol. The lowest BCUT2D eigenvalue weighted by atomic mass is 10.2. The van der Waals surface area contributed by atoms with Crippen LogP contribution in [0.5, 0.6) is 0 Å². The first-order valence-corrected chi connectivity index (χ1v) is 11.6. The highest BCUT2D eigenvalue weighted by Crippen LogP contribution is 2.21. The van der Waals surface area contributed by atoms with Crippen LogP contribution in [0, 0.1) is 0 Å². The van der Waals surface area contributed by atoms with Gasteiger partial charge in [0, 0.05) is 27.2 Å². The number of H-pyrrole nitrogens is 1. The van der Waals surface area contributed by atoms with E-state index < -0.39 is 28.4 Å². The number of nitrogens with two attached hydrogens (primary N) is 1. The molecule has 0 aliphatic heterocycles. The van der Waals surface area contributed by atoms with Gasteiger partial charge in [-0.2, -0.15) is 0 Å². The Kier molecular flexibility index (Phi) is 7.72. The fourth-order valence-corrected chi connectivity index (χ4v) is 3.92. The van der Waals surface area contributed by atoms with Crippen molar-refractivity contribution in [3.8, 4) is 0 Å². The number of rotatable bonds is 9. The van der Waals surface area contributed by atoms with E-state index in [1.807, 2.05) is 13.8 Å². The van der Waals surface area contributed by atoms with Crippen LogP contribution in [0.4, 0.5) is 11.5 Å². The maximum Gasteiger partial charge on any atom is 0.332 e. The van der Waals surface area contributed by atoms with Crippen LogP contribution in [0.1, 0.15) is 56.4 Å². The third kappa shape index (κ3) is 4.81. The third-order valence-corrected chi connectivity index (χ3v) is 5.97. The molecule has 1 amide bonds. The van der Waals surface area contributed by atoms with Gasteiger partial charge in [-0.25, -0.2) is 14.6 Å². The van der Waals surface area contributed by atoms with Crippen LogP contribution in [-0.4, -0.2) is 36.1 Å². The molecule has 0 atom stereocenters. The van der Waals surface area contributed by atoms with Crippen LogP contribution < -0.4 is 33.1 Å². The summed E-state index contributed by atoms with van der Waals surface area (Å²) in [6.45, 7) is 4.42. The molecule has 3 aromatic heterocycles. The maximum atomic E-state index is 13.6. The molecule has 12 heteroatoms. The van der Waals surface area contributed by atoms with E-state index in [0.29, 0.717) is 19.4 Å². The highest BCUT2D eigenvalue weighted by Gasteiger charge is 2.26. The summed E-state index contributed by atoms with van der Waals surface area (Å²) in [5.41, 5.74) is 3.59. The average molecular weight is 486 g/mol. The van der Waals surface area contributed by atoms with E-state index in [9.17, 15) is 24.0 Å². The first-order valence-electron chi connectivity index (χ1n) is 11.6. The Morgan fingerprint density at radius 1 is 1.03 bits per heavy atom. The predicted octanol–water partition coefficient (Wildman–Crippen LogP) is 0.702. The number of aromatic amines is 1. The first kappa shape index (κ1) is 25.7. The van der Waals surface area contributed by atoms with Crippen LogP contribution in [0.3, 0.4) is 0 Å². The molecule has 0 radical (unpaired) electrons. The molecule has 3 rings (SSSR count). The standard InChI is InChI=1S/C23H31N7O5/c1-5-7-9-13-29(16-17(24)30(12-8-6-2)22(34)26-19(16)31)21(33)15-11-10-14-18(25-15)27(3)23(35)28(4)20(14)32/h10-11H,5-9,12-13,24H2,1-4H3,(H,26,31,34). The summed E-state index contributed by atoms with van der Waals surface area (Å²) < 4.78 is 3.39. The zero-order valence-corrected chi connectivity index (χ0v) is 20.5. The normalized spacial score (nSPS) is 11.2. The van der Waals surface area contributed by atoms with E-state index in [1.165, 1.54) is 40.3 Å². The summed E-state index contributed by atoms with van der Waals surface area (Å²) >= 11 is 0. The summed E-state index contributed by atoms with van der Waals surface area (Å²) in [5, 5.41) is 0.175. The topological polar surface area (TPSA) is 158 Å². The average Bonchev–Trinajstić information content (AvgIpc) is 2.84. The van der Waals surface area contributed by atoms with Gasteiger partial charge in [0.05, 0.1) is 5.39 Å². The summed E-state index contributed by atoms with van der Waals surface area (Å²) in [7, 11) is 2.82. The molecule has 12 nitrogen and oxygen atoms in total.